The van der Waals surface area contributed by atoms with E-state index in [4.69, 9.17) is 5.73 Å². The zero-order chi connectivity index (χ0) is 15.4. The molecule has 108 valence electrons. The minimum atomic E-state index is -0.637. The SMILES string of the molecule is Cc1ccc(NC(=O)c2ccc(NC(N)=O)cc2)c(C)c1. The first-order chi connectivity index (χ1) is 9.95. The van der Waals surface area contributed by atoms with Gasteiger partial charge in [-0.25, -0.2) is 4.79 Å². The van der Waals surface area contributed by atoms with Gasteiger partial charge in [0.2, 0.25) is 0 Å². The number of rotatable bonds is 3. The quantitative estimate of drug-likeness (QED) is 0.808. The number of hydrogen-bond donors (Lipinski definition) is 3. The second kappa shape index (κ2) is 6.09. The van der Waals surface area contributed by atoms with Gasteiger partial charge in [0.15, 0.2) is 0 Å². The molecule has 0 spiro atoms. The lowest BCUT2D eigenvalue weighted by Crippen LogP contribution is -2.19. The highest BCUT2D eigenvalue weighted by atomic mass is 16.2. The Bertz CT molecular complexity index is 678. The van der Waals surface area contributed by atoms with Crippen molar-refractivity contribution in [1.29, 1.82) is 0 Å². The third-order valence-electron chi connectivity index (χ3n) is 3.04. The van der Waals surface area contributed by atoms with E-state index in [1.54, 1.807) is 24.3 Å². The van der Waals surface area contributed by atoms with Crippen LogP contribution in [0.4, 0.5) is 16.2 Å². The molecule has 5 nitrogen and oxygen atoms in total. The number of aryl methyl sites for hydroxylation is 2. The summed E-state index contributed by atoms with van der Waals surface area (Å²) in [5.41, 5.74) is 9.01. The molecule has 2 aromatic rings. The summed E-state index contributed by atoms with van der Waals surface area (Å²) in [6.45, 7) is 3.95. The van der Waals surface area contributed by atoms with Crippen molar-refractivity contribution in [2.24, 2.45) is 5.73 Å². The number of anilines is 2. The molecule has 5 heteroatoms. The Balaban J connectivity index is 2.11. The van der Waals surface area contributed by atoms with Crippen LogP contribution in [0.25, 0.3) is 0 Å². The van der Waals surface area contributed by atoms with E-state index < -0.39 is 6.03 Å². The number of carbonyl (C=O) groups excluding carboxylic acids is 2. The zero-order valence-corrected chi connectivity index (χ0v) is 11.9. The summed E-state index contributed by atoms with van der Waals surface area (Å²) in [5.74, 6) is -0.201. The molecule has 0 unspecified atom stereocenters. The summed E-state index contributed by atoms with van der Waals surface area (Å²) in [6.07, 6.45) is 0. The summed E-state index contributed by atoms with van der Waals surface area (Å²) in [7, 11) is 0. The van der Waals surface area contributed by atoms with Gasteiger partial charge in [-0.1, -0.05) is 17.7 Å². The molecule has 4 N–H and O–H groups in total. The molecular weight excluding hydrogens is 266 g/mol. The van der Waals surface area contributed by atoms with Gasteiger partial charge in [-0.05, 0) is 49.7 Å². The lowest BCUT2D eigenvalue weighted by molar-refractivity contribution is 0.102. The van der Waals surface area contributed by atoms with Crippen molar-refractivity contribution in [1.82, 2.24) is 0 Å². The van der Waals surface area contributed by atoms with E-state index in [-0.39, 0.29) is 5.91 Å². The van der Waals surface area contributed by atoms with Crippen LogP contribution in [0.1, 0.15) is 21.5 Å². The molecule has 0 heterocycles. The maximum absolute atomic E-state index is 12.2. The molecule has 0 fully saturated rings. The number of benzene rings is 2. The van der Waals surface area contributed by atoms with Crippen LogP contribution < -0.4 is 16.4 Å². The minimum absolute atomic E-state index is 0.201. The summed E-state index contributed by atoms with van der Waals surface area (Å²) in [5, 5.41) is 5.31. The van der Waals surface area contributed by atoms with E-state index in [0.29, 0.717) is 11.3 Å². The Morgan fingerprint density at radius 3 is 2.19 bits per heavy atom. The predicted octanol–water partition coefficient (Wildman–Crippen LogP) is 3.05. The van der Waals surface area contributed by atoms with Gasteiger partial charge in [-0.3, -0.25) is 4.79 Å². The largest absolute Gasteiger partial charge is 0.351 e. The van der Waals surface area contributed by atoms with E-state index in [2.05, 4.69) is 10.6 Å². The third-order valence-corrected chi connectivity index (χ3v) is 3.04. The molecule has 0 atom stereocenters. The number of hydrogen-bond acceptors (Lipinski definition) is 2. The molecule has 0 radical (unpaired) electrons. The monoisotopic (exact) mass is 283 g/mol. The van der Waals surface area contributed by atoms with Gasteiger partial charge >= 0.3 is 6.03 Å². The van der Waals surface area contributed by atoms with E-state index >= 15 is 0 Å². The Morgan fingerprint density at radius 1 is 0.952 bits per heavy atom. The van der Waals surface area contributed by atoms with Crippen LogP contribution in [0.5, 0.6) is 0 Å². The molecule has 0 bridgehead atoms. The fraction of sp³-hybridized carbons (Fsp3) is 0.125. The van der Waals surface area contributed by atoms with Gasteiger partial charge in [0.1, 0.15) is 0 Å². The number of nitrogens with two attached hydrogens (primary N) is 1. The van der Waals surface area contributed by atoms with Crippen molar-refractivity contribution in [2.45, 2.75) is 13.8 Å². The number of amides is 3. The lowest BCUT2D eigenvalue weighted by atomic mass is 10.1. The maximum atomic E-state index is 12.2. The average molecular weight is 283 g/mol. The van der Waals surface area contributed by atoms with Gasteiger partial charge < -0.3 is 16.4 Å². The highest BCUT2D eigenvalue weighted by Crippen LogP contribution is 2.17. The first-order valence-corrected chi connectivity index (χ1v) is 6.51. The van der Waals surface area contributed by atoms with Crippen LogP contribution in [0, 0.1) is 13.8 Å². The second-order valence-corrected chi connectivity index (χ2v) is 4.84. The highest BCUT2D eigenvalue weighted by molar-refractivity contribution is 6.05. The topological polar surface area (TPSA) is 84.2 Å². The normalized spacial score (nSPS) is 10.0. The number of nitrogens with one attached hydrogen (secondary N) is 2. The Hall–Kier alpha value is -2.82. The highest BCUT2D eigenvalue weighted by Gasteiger charge is 2.08. The molecule has 0 aliphatic rings. The smallest absolute Gasteiger partial charge is 0.316 e. The fourth-order valence-corrected chi connectivity index (χ4v) is 2.00. The van der Waals surface area contributed by atoms with Crippen LogP contribution >= 0.6 is 0 Å². The summed E-state index contributed by atoms with van der Waals surface area (Å²) >= 11 is 0. The number of primary amides is 1. The molecule has 21 heavy (non-hydrogen) atoms. The Labute approximate surface area is 123 Å². The molecule has 2 aromatic carbocycles. The Kier molecular flexibility index (Phi) is 4.23. The molecular formula is C16H17N3O2. The van der Waals surface area contributed by atoms with Crippen molar-refractivity contribution in [3.8, 4) is 0 Å². The predicted molar refractivity (Wildman–Crippen MR) is 83.5 cm³/mol. The first kappa shape index (κ1) is 14.6. The van der Waals surface area contributed by atoms with Gasteiger partial charge in [-0.15, -0.1) is 0 Å². The van der Waals surface area contributed by atoms with Crippen LogP contribution in [-0.2, 0) is 0 Å². The first-order valence-electron chi connectivity index (χ1n) is 6.51. The summed E-state index contributed by atoms with van der Waals surface area (Å²) in [6, 6.07) is 11.7. The van der Waals surface area contributed by atoms with E-state index in [1.165, 1.54) is 0 Å². The number of urea groups is 1. The van der Waals surface area contributed by atoms with Gasteiger partial charge in [0.25, 0.3) is 5.91 Å². The van der Waals surface area contributed by atoms with Gasteiger partial charge in [0, 0.05) is 16.9 Å². The maximum Gasteiger partial charge on any atom is 0.316 e. The Morgan fingerprint density at radius 2 is 1.62 bits per heavy atom. The van der Waals surface area contributed by atoms with E-state index in [1.807, 2.05) is 32.0 Å². The van der Waals surface area contributed by atoms with Crippen LogP contribution in [0.15, 0.2) is 42.5 Å². The summed E-state index contributed by atoms with van der Waals surface area (Å²) in [4.78, 5) is 22.9. The van der Waals surface area contributed by atoms with Gasteiger partial charge in [-0.2, -0.15) is 0 Å². The molecule has 0 aliphatic heterocycles. The molecule has 0 aromatic heterocycles. The van der Waals surface area contributed by atoms with Crippen LogP contribution in [0.3, 0.4) is 0 Å². The van der Waals surface area contributed by atoms with Crippen molar-refractivity contribution in [2.75, 3.05) is 10.6 Å². The number of carbonyl (C=O) groups is 2. The second-order valence-electron chi connectivity index (χ2n) is 4.84. The summed E-state index contributed by atoms with van der Waals surface area (Å²) < 4.78 is 0. The van der Waals surface area contributed by atoms with E-state index in [0.717, 1.165) is 16.8 Å². The third kappa shape index (κ3) is 3.82. The molecule has 0 saturated carbocycles. The molecule has 3 amide bonds. The van der Waals surface area contributed by atoms with Crippen LogP contribution in [-0.4, -0.2) is 11.9 Å². The average Bonchev–Trinajstić information content (AvgIpc) is 2.42. The van der Waals surface area contributed by atoms with Crippen molar-refractivity contribution in [3.05, 3.63) is 59.2 Å². The molecule has 0 saturated heterocycles. The standard InChI is InChI=1S/C16H17N3O2/c1-10-3-8-14(11(2)9-10)19-15(20)12-4-6-13(7-5-12)18-16(17)21/h3-9H,1-2H3,(H,19,20)(H3,17,18,21). The minimum Gasteiger partial charge on any atom is -0.351 e. The van der Waals surface area contributed by atoms with Crippen molar-refractivity contribution >= 4 is 23.3 Å². The fourth-order valence-electron chi connectivity index (χ4n) is 2.00. The van der Waals surface area contributed by atoms with Crippen LogP contribution in [0.2, 0.25) is 0 Å². The van der Waals surface area contributed by atoms with E-state index in [9.17, 15) is 9.59 Å². The van der Waals surface area contributed by atoms with Crippen molar-refractivity contribution in [3.63, 3.8) is 0 Å². The lowest BCUT2D eigenvalue weighted by Gasteiger charge is -2.09. The molecule has 0 aliphatic carbocycles. The van der Waals surface area contributed by atoms with Crippen molar-refractivity contribution < 1.29 is 9.59 Å². The van der Waals surface area contributed by atoms with Gasteiger partial charge in [0.05, 0.1) is 0 Å². The molecule has 2 rings (SSSR count). The zero-order valence-electron chi connectivity index (χ0n) is 11.9.